The Morgan fingerprint density at radius 3 is 1.69 bits per heavy atom. The summed E-state index contributed by atoms with van der Waals surface area (Å²) in [5.74, 6) is 0. The Hall–Kier alpha value is -8.60. The van der Waals surface area contributed by atoms with E-state index in [-0.39, 0.29) is 5.41 Å². The standard InChI is InChI=1S/C63H41NO3/c1-63(2)52-22-9-6-16-46(52)47-35-34-43(36-53(47)63)64(42-32-28-39(29-33-42)45-20-12-21-49-48-17-7-10-23-54(48)66-61(45)49)41-30-26-38(27-31-41)44-19-13-25-56-59(44)51-37-57-60(50-18-8-11-24-55(50)65-57)58(62(51)67-56)40-14-4-3-5-15-40/h3-37H,1-2H3. The lowest BCUT2D eigenvalue weighted by atomic mass is 9.82. The molecule has 3 aromatic heterocycles. The third-order valence-corrected chi connectivity index (χ3v) is 14.3. The van der Waals surface area contributed by atoms with E-state index in [4.69, 9.17) is 13.3 Å². The fourth-order valence-corrected chi connectivity index (χ4v) is 11.1. The van der Waals surface area contributed by atoms with E-state index in [9.17, 15) is 0 Å². The number of nitrogens with zero attached hydrogens (tertiary/aromatic N) is 1. The number of fused-ring (bicyclic) bond motifs is 12. The van der Waals surface area contributed by atoms with Crippen molar-refractivity contribution in [3.63, 3.8) is 0 Å². The van der Waals surface area contributed by atoms with Gasteiger partial charge in [0, 0.05) is 65.9 Å². The molecule has 4 nitrogen and oxygen atoms in total. The predicted octanol–water partition coefficient (Wildman–Crippen LogP) is 18.2. The Bertz CT molecular complexity index is 4110. The molecule has 0 spiro atoms. The normalized spacial score (nSPS) is 13.0. The number of hydrogen-bond donors (Lipinski definition) is 0. The van der Waals surface area contributed by atoms with Gasteiger partial charge in [0.1, 0.15) is 33.5 Å². The Morgan fingerprint density at radius 2 is 0.896 bits per heavy atom. The summed E-state index contributed by atoms with van der Waals surface area (Å²) in [6.45, 7) is 4.69. The van der Waals surface area contributed by atoms with Crippen molar-refractivity contribution >= 4 is 82.9 Å². The monoisotopic (exact) mass is 859 g/mol. The molecule has 0 atom stereocenters. The van der Waals surface area contributed by atoms with Crippen molar-refractivity contribution in [2.45, 2.75) is 19.3 Å². The molecule has 14 rings (SSSR count). The minimum absolute atomic E-state index is 0.146. The summed E-state index contributed by atoms with van der Waals surface area (Å²) < 4.78 is 20.0. The van der Waals surface area contributed by atoms with Gasteiger partial charge in [0.25, 0.3) is 0 Å². The average molecular weight is 860 g/mol. The largest absolute Gasteiger partial charge is 0.456 e. The van der Waals surface area contributed by atoms with Gasteiger partial charge in [-0.15, -0.1) is 0 Å². The summed E-state index contributed by atoms with van der Waals surface area (Å²) in [5, 5.41) is 6.50. The fourth-order valence-electron chi connectivity index (χ4n) is 11.1. The summed E-state index contributed by atoms with van der Waals surface area (Å²) in [4.78, 5) is 2.38. The van der Waals surface area contributed by atoms with Crippen LogP contribution in [-0.2, 0) is 5.41 Å². The van der Waals surface area contributed by atoms with Gasteiger partial charge in [0.05, 0.1) is 0 Å². The average Bonchev–Trinajstić information content (AvgIpc) is 4.12. The summed E-state index contributed by atoms with van der Waals surface area (Å²) in [7, 11) is 0. The van der Waals surface area contributed by atoms with Gasteiger partial charge in [-0.1, -0.05) is 166 Å². The van der Waals surface area contributed by atoms with E-state index in [1.54, 1.807) is 0 Å². The van der Waals surface area contributed by atoms with Crippen LogP contribution in [0.5, 0.6) is 0 Å². The Morgan fingerprint density at radius 1 is 0.328 bits per heavy atom. The number of rotatable bonds is 6. The van der Waals surface area contributed by atoms with Gasteiger partial charge in [-0.25, -0.2) is 0 Å². The lowest BCUT2D eigenvalue weighted by molar-refractivity contribution is 0.660. The van der Waals surface area contributed by atoms with Crippen LogP contribution in [-0.4, -0.2) is 0 Å². The van der Waals surface area contributed by atoms with E-state index < -0.39 is 0 Å². The molecule has 0 N–H and O–H groups in total. The number of para-hydroxylation sites is 3. The second-order valence-electron chi connectivity index (χ2n) is 18.4. The highest BCUT2D eigenvalue weighted by atomic mass is 16.3. The molecule has 0 aliphatic heterocycles. The van der Waals surface area contributed by atoms with Crippen molar-refractivity contribution in [1.29, 1.82) is 0 Å². The predicted molar refractivity (Wildman–Crippen MR) is 277 cm³/mol. The highest BCUT2D eigenvalue weighted by Crippen LogP contribution is 2.52. The zero-order valence-electron chi connectivity index (χ0n) is 36.9. The van der Waals surface area contributed by atoms with E-state index in [1.807, 2.05) is 24.3 Å². The molecule has 0 bridgehead atoms. The van der Waals surface area contributed by atoms with Crippen LogP contribution in [0.2, 0.25) is 0 Å². The van der Waals surface area contributed by atoms with Gasteiger partial charge in [-0.3, -0.25) is 0 Å². The van der Waals surface area contributed by atoms with Crippen molar-refractivity contribution in [3.8, 4) is 44.5 Å². The van der Waals surface area contributed by atoms with Crippen LogP contribution < -0.4 is 4.90 Å². The molecule has 10 aromatic carbocycles. The number of hydrogen-bond acceptors (Lipinski definition) is 4. The molecule has 0 radical (unpaired) electrons. The van der Waals surface area contributed by atoms with Gasteiger partial charge in [-0.05, 0) is 105 Å². The zero-order chi connectivity index (χ0) is 44.4. The fraction of sp³-hybridized carbons (Fsp3) is 0.0476. The first-order chi connectivity index (χ1) is 33.0. The molecule has 0 unspecified atom stereocenters. The minimum Gasteiger partial charge on any atom is -0.456 e. The van der Waals surface area contributed by atoms with Gasteiger partial charge < -0.3 is 18.2 Å². The van der Waals surface area contributed by atoms with Crippen LogP contribution in [0.4, 0.5) is 17.1 Å². The molecule has 0 amide bonds. The SMILES string of the molecule is CC1(C)c2ccccc2-c2ccc(N(c3ccc(-c4cccc5c4oc4ccccc45)cc3)c3ccc(-c4cccc5oc6c(-c7ccccc7)c7c(cc6c45)oc4ccccc47)cc3)cc21. The zero-order valence-corrected chi connectivity index (χ0v) is 36.9. The van der Waals surface area contributed by atoms with Crippen LogP contribution in [0.3, 0.4) is 0 Å². The molecule has 1 aliphatic carbocycles. The maximum atomic E-state index is 6.91. The van der Waals surface area contributed by atoms with Gasteiger partial charge in [-0.2, -0.15) is 0 Å². The summed E-state index contributed by atoms with van der Waals surface area (Å²) in [6.07, 6.45) is 0. The molecule has 13 aromatic rings. The molecule has 3 heterocycles. The van der Waals surface area contributed by atoms with Crippen LogP contribution in [0, 0.1) is 0 Å². The quantitative estimate of drug-likeness (QED) is 0.167. The molecule has 316 valence electrons. The van der Waals surface area contributed by atoms with Crippen molar-refractivity contribution in [3.05, 3.63) is 223 Å². The number of benzene rings is 10. The second-order valence-corrected chi connectivity index (χ2v) is 18.4. The van der Waals surface area contributed by atoms with Crippen molar-refractivity contribution in [1.82, 2.24) is 0 Å². The van der Waals surface area contributed by atoms with E-state index in [0.29, 0.717) is 0 Å². The van der Waals surface area contributed by atoms with E-state index in [2.05, 4.69) is 207 Å². The summed E-state index contributed by atoms with van der Waals surface area (Å²) in [5.41, 5.74) is 20.1. The van der Waals surface area contributed by atoms with E-state index in [0.717, 1.165) is 116 Å². The van der Waals surface area contributed by atoms with Crippen LogP contribution >= 0.6 is 0 Å². The summed E-state index contributed by atoms with van der Waals surface area (Å²) >= 11 is 0. The van der Waals surface area contributed by atoms with Crippen molar-refractivity contribution in [2.24, 2.45) is 0 Å². The van der Waals surface area contributed by atoms with Crippen molar-refractivity contribution < 1.29 is 13.3 Å². The maximum absolute atomic E-state index is 6.91. The van der Waals surface area contributed by atoms with E-state index >= 15 is 0 Å². The third kappa shape index (κ3) is 5.60. The molecular weight excluding hydrogens is 819 g/mol. The Labute approximate surface area is 386 Å². The minimum atomic E-state index is -0.146. The molecule has 1 aliphatic rings. The van der Waals surface area contributed by atoms with E-state index in [1.165, 1.54) is 22.3 Å². The third-order valence-electron chi connectivity index (χ3n) is 14.3. The topological polar surface area (TPSA) is 42.7 Å². The first-order valence-electron chi connectivity index (χ1n) is 23.0. The van der Waals surface area contributed by atoms with Crippen LogP contribution in [0.15, 0.2) is 226 Å². The number of furan rings is 3. The molecule has 4 heteroatoms. The van der Waals surface area contributed by atoms with Crippen LogP contribution in [0.1, 0.15) is 25.0 Å². The van der Waals surface area contributed by atoms with Gasteiger partial charge >= 0.3 is 0 Å². The Kier molecular flexibility index (Phi) is 8.00. The second kappa shape index (κ2) is 14.2. The molecular formula is C63H41NO3. The molecule has 67 heavy (non-hydrogen) atoms. The lowest BCUT2D eigenvalue weighted by Gasteiger charge is -2.28. The molecule has 0 saturated carbocycles. The first-order valence-corrected chi connectivity index (χ1v) is 23.0. The first kappa shape index (κ1) is 37.7. The maximum Gasteiger partial charge on any atom is 0.144 e. The Balaban J connectivity index is 0.915. The lowest BCUT2D eigenvalue weighted by Crippen LogP contribution is -2.16. The highest BCUT2D eigenvalue weighted by molar-refractivity contribution is 6.25. The van der Waals surface area contributed by atoms with Gasteiger partial charge in [0.15, 0.2) is 0 Å². The summed E-state index contributed by atoms with van der Waals surface area (Å²) in [6, 6.07) is 75.8. The van der Waals surface area contributed by atoms with Gasteiger partial charge in [0.2, 0.25) is 0 Å². The smallest absolute Gasteiger partial charge is 0.144 e. The van der Waals surface area contributed by atoms with Crippen molar-refractivity contribution in [2.75, 3.05) is 4.90 Å². The van der Waals surface area contributed by atoms with Crippen LogP contribution in [0.25, 0.3) is 110 Å². The number of anilines is 3. The molecule has 0 saturated heterocycles. The highest BCUT2D eigenvalue weighted by Gasteiger charge is 2.36. The molecule has 0 fully saturated rings.